The molecule has 0 saturated carbocycles. The fraction of sp³-hybridized carbons (Fsp3) is 0.300. The minimum absolute atomic E-state index is 0.335. The standard InChI is InChI=1S/C20H24N2O2S/c1-14-5-7-16(8-6-14)25(23,24)17-9-10-20-19(13-17)18(11-12-21-3)15(2)22(20)4/h5-10,13,21H,11-12H2,1-4H3. The first-order valence-electron chi connectivity index (χ1n) is 8.40. The maximum Gasteiger partial charge on any atom is 0.206 e. The fourth-order valence-electron chi connectivity index (χ4n) is 3.21. The highest BCUT2D eigenvalue weighted by atomic mass is 32.2. The van der Waals surface area contributed by atoms with Gasteiger partial charge in [-0.1, -0.05) is 17.7 Å². The third kappa shape index (κ3) is 3.10. The van der Waals surface area contributed by atoms with E-state index in [0.717, 1.165) is 29.4 Å². The number of benzene rings is 2. The van der Waals surface area contributed by atoms with Crippen LogP contribution >= 0.6 is 0 Å². The molecule has 3 rings (SSSR count). The molecule has 4 nitrogen and oxygen atoms in total. The van der Waals surface area contributed by atoms with Crippen LogP contribution in [0.2, 0.25) is 0 Å². The Kier molecular flexibility index (Phi) is 4.71. The molecule has 25 heavy (non-hydrogen) atoms. The molecule has 0 amide bonds. The average Bonchev–Trinajstić information content (AvgIpc) is 2.84. The van der Waals surface area contributed by atoms with Crippen LogP contribution in [0.3, 0.4) is 0 Å². The fourth-order valence-corrected chi connectivity index (χ4v) is 4.50. The largest absolute Gasteiger partial charge is 0.348 e. The summed E-state index contributed by atoms with van der Waals surface area (Å²) in [7, 11) is 0.434. The molecule has 132 valence electrons. The Morgan fingerprint density at radius 1 is 1.00 bits per heavy atom. The van der Waals surface area contributed by atoms with Crippen LogP contribution in [0.15, 0.2) is 52.3 Å². The summed E-state index contributed by atoms with van der Waals surface area (Å²) in [6.45, 7) is 4.89. The van der Waals surface area contributed by atoms with Gasteiger partial charge in [0.1, 0.15) is 0 Å². The first-order valence-corrected chi connectivity index (χ1v) is 9.89. The number of hydrogen-bond donors (Lipinski definition) is 1. The highest BCUT2D eigenvalue weighted by Gasteiger charge is 2.20. The minimum Gasteiger partial charge on any atom is -0.348 e. The zero-order valence-corrected chi connectivity index (χ0v) is 15.9. The third-order valence-electron chi connectivity index (χ3n) is 4.86. The van der Waals surface area contributed by atoms with Gasteiger partial charge in [-0.05, 0) is 69.8 Å². The van der Waals surface area contributed by atoms with Crippen molar-refractivity contribution in [3.63, 3.8) is 0 Å². The van der Waals surface area contributed by atoms with Crippen molar-refractivity contribution in [1.82, 2.24) is 9.88 Å². The van der Waals surface area contributed by atoms with E-state index in [1.165, 1.54) is 11.3 Å². The summed E-state index contributed by atoms with van der Waals surface area (Å²) < 4.78 is 28.1. The molecular formula is C20H24N2O2S. The van der Waals surface area contributed by atoms with Gasteiger partial charge in [0.2, 0.25) is 9.84 Å². The van der Waals surface area contributed by atoms with Crippen molar-refractivity contribution in [2.24, 2.45) is 7.05 Å². The van der Waals surface area contributed by atoms with E-state index >= 15 is 0 Å². The van der Waals surface area contributed by atoms with Gasteiger partial charge in [-0.25, -0.2) is 8.42 Å². The molecule has 1 aromatic heterocycles. The maximum atomic E-state index is 13.0. The lowest BCUT2D eigenvalue weighted by Crippen LogP contribution is -2.11. The van der Waals surface area contributed by atoms with Gasteiger partial charge >= 0.3 is 0 Å². The van der Waals surface area contributed by atoms with Crippen molar-refractivity contribution in [3.05, 3.63) is 59.3 Å². The smallest absolute Gasteiger partial charge is 0.206 e. The monoisotopic (exact) mass is 356 g/mol. The normalized spacial score (nSPS) is 12.0. The predicted molar refractivity (Wildman–Crippen MR) is 102 cm³/mol. The number of sulfone groups is 1. The number of fused-ring (bicyclic) bond motifs is 1. The van der Waals surface area contributed by atoms with Gasteiger partial charge in [-0.15, -0.1) is 0 Å². The molecule has 0 atom stereocenters. The second kappa shape index (κ2) is 6.65. The number of rotatable bonds is 5. The second-order valence-corrected chi connectivity index (χ2v) is 8.42. The molecule has 3 aromatic rings. The number of likely N-dealkylation sites (N-methyl/N-ethyl adjacent to an activating group) is 1. The molecule has 5 heteroatoms. The van der Waals surface area contributed by atoms with Gasteiger partial charge in [0.15, 0.2) is 0 Å². The molecule has 0 aliphatic carbocycles. The van der Waals surface area contributed by atoms with Crippen molar-refractivity contribution in [1.29, 1.82) is 0 Å². The lowest BCUT2D eigenvalue weighted by molar-refractivity contribution is 0.596. The Bertz CT molecular complexity index is 1020. The van der Waals surface area contributed by atoms with Gasteiger partial charge in [-0.3, -0.25) is 0 Å². The van der Waals surface area contributed by atoms with E-state index in [0.29, 0.717) is 9.79 Å². The van der Waals surface area contributed by atoms with E-state index in [1.807, 2.05) is 45.3 Å². The van der Waals surface area contributed by atoms with Crippen LogP contribution in [-0.4, -0.2) is 26.6 Å². The molecular weight excluding hydrogens is 332 g/mol. The van der Waals surface area contributed by atoms with E-state index in [-0.39, 0.29) is 0 Å². The number of nitrogens with one attached hydrogen (secondary N) is 1. The summed E-state index contributed by atoms with van der Waals surface area (Å²) in [5.74, 6) is 0. The van der Waals surface area contributed by atoms with E-state index in [2.05, 4.69) is 16.8 Å². The molecule has 1 heterocycles. The van der Waals surface area contributed by atoms with Crippen LogP contribution in [-0.2, 0) is 23.3 Å². The van der Waals surface area contributed by atoms with Crippen molar-refractivity contribution >= 4 is 20.7 Å². The second-order valence-electron chi connectivity index (χ2n) is 6.47. The average molecular weight is 356 g/mol. The summed E-state index contributed by atoms with van der Waals surface area (Å²) in [5, 5.41) is 4.18. The van der Waals surface area contributed by atoms with Crippen LogP contribution in [0.25, 0.3) is 10.9 Å². The number of hydrogen-bond acceptors (Lipinski definition) is 3. The van der Waals surface area contributed by atoms with Crippen molar-refractivity contribution in [3.8, 4) is 0 Å². The molecule has 0 saturated heterocycles. The number of aryl methyl sites for hydroxylation is 2. The van der Waals surface area contributed by atoms with Gasteiger partial charge < -0.3 is 9.88 Å². The van der Waals surface area contributed by atoms with Crippen molar-refractivity contribution in [2.45, 2.75) is 30.1 Å². The Balaban J connectivity index is 2.16. The minimum atomic E-state index is -3.51. The lowest BCUT2D eigenvalue weighted by atomic mass is 10.1. The van der Waals surface area contributed by atoms with Crippen molar-refractivity contribution in [2.75, 3.05) is 13.6 Å². The van der Waals surface area contributed by atoms with Crippen LogP contribution < -0.4 is 5.32 Å². The van der Waals surface area contributed by atoms with E-state index < -0.39 is 9.84 Å². The van der Waals surface area contributed by atoms with Crippen LogP contribution in [0.4, 0.5) is 0 Å². The zero-order valence-electron chi connectivity index (χ0n) is 15.1. The summed E-state index contributed by atoms with van der Waals surface area (Å²) in [4.78, 5) is 0.682. The number of aromatic nitrogens is 1. The summed E-state index contributed by atoms with van der Waals surface area (Å²) in [6.07, 6.45) is 0.869. The molecule has 0 aliphatic heterocycles. The van der Waals surface area contributed by atoms with Gasteiger partial charge in [0, 0.05) is 23.6 Å². The molecule has 2 aromatic carbocycles. The van der Waals surface area contributed by atoms with Crippen LogP contribution in [0.5, 0.6) is 0 Å². The van der Waals surface area contributed by atoms with Gasteiger partial charge in [0.25, 0.3) is 0 Å². The topological polar surface area (TPSA) is 51.1 Å². The Morgan fingerprint density at radius 2 is 1.64 bits per heavy atom. The third-order valence-corrected chi connectivity index (χ3v) is 6.63. The molecule has 0 aliphatic rings. The van der Waals surface area contributed by atoms with Gasteiger partial charge in [0.05, 0.1) is 9.79 Å². The molecule has 0 spiro atoms. The SMILES string of the molecule is CNCCc1c(C)n(C)c2ccc(S(=O)(=O)c3ccc(C)cc3)cc12. The Morgan fingerprint density at radius 3 is 2.28 bits per heavy atom. The summed E-state index contributed by atoms with van der Waals surface area (Å²) in [5.41, 5.74) is 4.48. The highest BCUT2D eigenvalue weighted by molar-refractivity contribution is 7.91. The quantitative estimate of drug-likeness (QED) is 0.762. The molecule has 1 N–H and O–H groups in total. The van der Waals surface area contributed by atoms with Crippen molar-refractivity contribution < 1.29 is 8.42 Å². The Hall–Kier alpha value is -2.11. The summed E-state index contributed by atoms with van der Waals surface area (Å²) in [6, 6.07) is 12.4. The number of nitrogens with zero attached hydrogens (tertiary/aromatic N) is 1. The highest BCUT2D eigenvalue weighted by Crippen LogP contribution is 2.30. The molecule has 0 radical (unpaired) electrons. The predicted octanol–water partition coefficient (Wildman–Crippen LogP) is 3.39. The zero-order chi connectivity index (χ0) is 18.2. The Labute approximate surface area is 149 Å². The molecule has 0 unspecified atom stereocenters. The first-order chi connectivity index (χ1) is 11.9. The van der Waals surface area contributed by atoms with E-state index in [4.69, 9.17) is 0 Å². The van der Waals surface area contributed by atoms with Crippen LogP contribution in [0, 0.1) is 13.8 Å². The van der Waals surface area contributed by atoms with Crippen LogP contribution in [0.1, 0.15) is 16.8 Å². The summed E-state index contributed by atoms with van der Waals surface area (Å²) >= 11 is 0. The lowest BCUT2D eigenvalue weighted by Gasteiger charge is -2.07. The maximum absolute atomic E-state index is 13.0. The molecule has 0 fully saturated rings. The van der Waals surface area contributed by atoms with E-state index in [1.54, 1.807) is 18.2 Å². The van der Waals surface area contributed by atoms with Gasteiger partial charge in [-0.2, -0.15) is 0 Å². The first kappa shape index (κ1) is 17.7. The van der Waals surface area contributed by atoms with E-state index in [9.17, 15) is 8.42 Å². The molecule has 0 bridgehead atoms.